The molecule has 1 amide bonds. The second-order valence-corrected chi connectivity index (χ2v) is 8.92. The number of halogens is 1. The van der Waals surface area contributed by atoms with Crippen LogP contribution in [0.15, 0.2) is 59.1 Å². The van der Waals surface area contributed by atoms with Crippen molar-refractivity contribution < 1.29 is 9.18 Å². The number of hydrogen-bond donors (Lipinski definition) is 2. The molecule has 0 spiro atoms. The Morgan fingerprint density at radius 2 is 1.94 bits per heavy atom. The summed E-state index contributed by atoms with van der Waals surface area (Å²) in [6.07, 6.45) is 0. The van der Waals surface area contributed by atoms with Gasteiger partial charge in [0.25, 0.3) is 0 Å². The summed E-state index contributed by atoms with van der Waals surface area (Å²) in [7, 11) is 0. The second kappa shape index (κ2) is 8.05. The van der Waals surface area contributed by atoms with Crippen molar-refractivity contribution in [1.82, 2.24) is 25.1 Å². The van der Waals surface area contributed by atoms with Crippen molar-refractivity contribution in [3.05, 3.63) is 59.7 Å². The maximum absolute atomic E-state index is 13.1. The normalized spacial score (nSPS) is 12.3. The number of nitrogens with one attached hydrogen (secondary N) is 2. The van der Waals surface area contributed by atoms with Gasteiger partial charge in [0.1, 0.15) is 11.3 Å². The Balaban J connectivity index is 1.28. The van der Waals surface area contributed by atoms with Gasteiger partial charge in [0, 0.05) is 21.8 Å². The highest BCUT2D eigenvalue weighted by Gasteiger charge is 2.19. The van der Waals surface area contributed by atoms with E-state index in [1.54, 1.807) is 19.1 Å². The van der Waals surface area contributed by atoms with Crippen LogP contribution >= 0.6 is 23.1 Å². The molecule has 7 nitrogen and oxygen atoms in total. The standard InChI is InChI=1S/C21H15FN6OS2/c1-11(19(29)26-20-24-16(10-30-20)12-6-8-13(22)9-7-12)31-21-25-18-17(27-28-21)14-4-2-3-5-15(14)23-18/h2-11H,1H3,(H,23,25,28)(H,24,26,29). The van der Waals surface area contributed by atoms with E-state index in [-0.39, 0.29) is 11.7 Å². The third-order valence-electron chi connectivity index (χ3n) is 4.63. The Hall–Kier alpha value is -3.37. The molecule has 0 saturated heterocycles. The molecule has 5 aromatic rings. The summed E-state index contributed by atoms with van der Waals surface area (Å²) in [6, 6.07) is 13.8. The minimum absolute atomic E-state index is 0.217. The maximum Gasteiger partial charge on any atom is 0.239 e. The molecular weight excluding hydrogens is 435 g/mol. The third kappa shape index (κ3) is 3.99. The molecule has 0 bridgehead atoms. The number of thioether (sulfide) groups is 1. The molecule has 2 N–H and O–H groups in total. The topological polar surface area (TPSA) is 96.5 Å². The van der Waals surface area contributed by atoms with Crippen LogP contribution < -0.4 is 5.32 Å². The van der Waals surface area contributed by atoms with E-state index in [2.05, 4.69) is 30.5 Å². The molecular formula is C21H15FN6OS2. The van der Waals surface area contributed by atoms with Crippen LogP contribution in [0.3, 0.4) is 0 Å². The van der Waals surface area contributed by atoms with Crippen LogP contribution in [0.5, 0.6) is 0 Å². The van der Waals surface area contributed by atoms with E-state index in [0.29, 0.717) is 27.1 Å². The number of rotatable bonds is 5. The average molecular weight is 451 g/mol. The number of benzene rings is 2. The molecule has 1 unspecified atom stereocenters. The molecule has 1 atom stereocenters. The first-order chi connectivity index (χ1) is 15.1. The van der Waals surface area contributed by atoms with Crippen molar-refractivity contribution in [3.8, 4) is 11.3 Å². The number of aromatic nitrogens is 5. The molecule has 2 aromatic carbocycles. The molecule has 0 fully saturated rings. The number of H-pyrrole nitrogens is 1. The van der Waals surface area contributed by atoms with E-state index in [1.807, 2.05) is 29.6 Å². The predicted molar refractivity (Wildman–Crippen MR) is 121 cm³/mol. The first-order valence-corrected chi connectivity index (χ1v) is 11.1. The third-order valence-corrected chi connectivity index (χ3v) is 6.34. The first-order valence-electron chi connectivity index (χ1n) is 9.37. The highest BCUT2D eigenvalue weighted by molar-refractivity contribution is 8.00. The fourth-order valence-electron chi connectivity index (χ4n) is 3.06. The zero-order chi connectivity index (χ0) is 21.4. The van der Waals surface area contributed by atoms with E-state index in [0.717, 1.165) is 16.5 Å². The fraction of sp³-hybridized carbons (Fsp3) is 0.0952. The van der Waals surface area contributed by atoms with Gasteiger partial charge in [0.05, 0.1) is 10.9 Å². The number of thiazole rings is 1. The molecule has 10 heteroatoms. The number of carbonyl (C=O) groups is 1. The van der Waals surface area contributed by atoms with Crippen LogP contribution in [0.4, 0.5) is 9.52 Å². The van der Waals surface area contributed by atoms with Crippen molar-refractivity contribution in [2.24, 2.45) is 0 Å². The molecule has 3 heterocycles. The molecule has 0 radical (unpaired) electrons. The second-order valence-electron chi connectivity index (χ2n) is 6.76. The number of para-hydroxylation sites is 1. The van der Waals surface area contributed by atoms with Gasteiger partial charge < -0.3 is 10.3 Å². The van der Waals surface area contributed by atoms with Gasteiger partial charge in [-0.1, -0.05) is 30.0 Å². The molecule has 0 aliphatic rings. The summed E-state index contributed by atoms with van der Waals surface area (Å²) in [5.74, 6) is -0.522. The largest absolute Gasteiger partial charge is 0.338 e. The van der Waals surface area contributed by atoms with Gasteiger partial charge in [-0.15, -0.1) is 21.5 Å². The van der Waals surface area contributed by atoms with Crippen LogP contribution in [-0.2, 0) is 4.79 Å². The number of aromatic amines is 1. The number of anilines is 1. The van der Waals surface area contributed by atoms with Gasteiger partial charge in [0.15, 0.2) is 10.8 Å². The zero-order valence-corrected chi connectivity index (χ0v) is 17.8. The van der Waals surface area contributed by atoms with Crippen LogP contribution in [0.2, 0.25) is 0 Å². The summed E-state index contributed by atoms with van der Waals surface area (Å²) in [4.78, 5) is 24.8. The van der Waals surface area contributed by atoms with Gasteiger partial charge in [-0.05, 0) is 37.3 Å². The van der Waals surface area contributed by atoms with Crippen molar-refractivity contribution in [3.63, 3.8) is 0 Å². The molecule has 0 aliphatic heterocycles. The van der Waals surface area contributed by atoms with Crippen LogP contribution in [0.25, 0.3) is 33.3 Å². The molecule has 154 valence electrons. The number of amides is 1. The van der Waals surface area contributed by atoms with Crippen LogP contribution in [0.1, 0.15) is 6.92 Å². The Morgan fingerprint density at radius 1 is 1.13 bits per heavy atom. The highest BCUT2D eigenvalue weighted by atomic mass is 32.2. The summed E-state index contributed by atoms with van der Waals surface area (Å²) in [5.41, 5.74) is 3.74. The lowest BCUT2D eigenvalue weighted by molar-refractivity contribution is -0.115. The Labute approximate surface area is 184 Å². The summed E-state index contributed by atoms with van der Waals surface area (Å²) in [5, 5.41) is 14.5. The lowest BCUT2D eigenvalue weighted by Gasteiger charge is -2.08. The van der Waals surface area contributed by atoms with E-state index in [9.17, 15) is 9.18 Å². The lowest BCUT2D eigenvalue weighted by Crippen LogP contribution is -2.22. The van der Waals surface area contributed by atoms with Gasteiger partial charge in [-0.2, -0.15) is 0 Å². The van der Waals surface area contributed by atoms with Gasteiger partial charge >= 0.3 is 0 Å². The first kappa shape index (κ1) is 19.6. The zero-order valence-electron chi connectivity index (χ0n) is 16.2. The number of hydrogen-bond acceptors (Lipinski definition) is 7. The Morgan fingerprint density at radius 3 is 2.77 bits per heavy atom. The van der Waals surface area contributed by atoms with Gasteiger partial charge in [-0.25, -0.2) is 14.4 Å². The molecule has 5 rings (SSSR count). The number of fused-ring (bicyclic) bond motifs is 3. The molecule has 0 aliphatic carbocycles. The monoisotopic (exact) mass is 450 g/mol. The highest BCUT2D eigenvalue weighted by Crippen LogP contribution is 2.28. The van der Waals surface area contributed by atoms with Crippen molar-refractivity contribution >= 4 is 56.2 Å². The summed E-state index contributed by atoms with van der Waals surface area (Å²) >= 11 is 2.53. The van der Waals surface area contributed by atoms with Crippen LogP contribution in [0, 0.1) is 5.82 Å². The SMILES string of the molecule is CC(Sc1nnc2c(n1)[nH]c1ccccc12)C(=O)Nc1nc(-c2ccc(F)cc2)cs1. The van der Waals surface area contributed by atoms with Crippen molar-refractivity contribution in [2.75, 3.05) is 5.32 Å². The fourth-order valence-corrected chi connectivity index (χ4v) is 4.50. The quantitative estimate of drug-likeness (QED) is 0.370. The van der Waals surface area contributed by atoms with E-state index >= 15 is 0 Å². The van der Waals surface area contributed by atoms with Gasteiger partial charge in [-0.3, -0.25) is 4.79 Å². The summed E-state index contributed by atoms with van der Waals surface area (Å²) in [6.45, 7) is 1.77. The molecule has 0 saturated carbocycles. The van der Waals surface area contributed by atoms with E-state index in [1.165, 1.54) is 35.2 Å². The number of carbonyl (C=O) groups excluding carboxylic acids is 1. The summed E-state index contributed by atoms with van der Waals surface area (Å²) < 4.78 is 13.1. The van der Waals surface area contributed by atoms with Crippen molar-refractivity contribution in [1.29, 1.82) is 0 Å². The minimum atomic E-state index is -0.457. The Kier molecular flexibility index (Phi) is 5.08. The smallest absolute Gasteiger partial charge is 0.239 e. The molecule has 3 aromatic heterocycles. The number of nitrogens with zero attached hydrogens (tertiary/aromatic N) is 4. The Bertz CT molecular complexity index is 1400. The predicted octanol–water partition coefficient (Wildman–Crippen LogP) is 4.89. The average Bonchev–Trinajstić information content (AvgIpc) is 3.38. The van der Waals surface area contributed by atoms with E-state index < -0.39 is 5.25 Å². The van der Waals surface area contributed by atoms with Crippen molar-refractivity contribution in [2.45, 2.75) is 17.3 Å². The van der Waals surface area contributed by atoms with E-state index in [4.69, 9.17) is 0 Å². The lowest BCUT2D eigenvalue weighted by atomic mass is 10.2. The van der Waals surface area contributed by atoms with Crippen LogP contribution in [-0.4, -0.2) is 36.3 Å². The molecule has 31 heavy (non-hydrogen) atoms. The minimum Gasteiger partial charge on any atom is -0.338 e. The van der Waals surface area contributed by atoms with Gasteiger partial charge in [0.2, 0.25) is 11.1 Å². The maximum atomic E-state index is 13.1.